The van der Waals surface area contributed by atoms with E-state index in [1.807, 2.05) is 0 Å². The molecule has 0 spiro atoms. The van der Waals surface area contributed by atoms with Gasteiger partial charge in [-0.1, -0.05) is 11.6 Å². The van der Waals surface area contributed by atoms with Crippen LogP contribution in [-0.4, -0.2) is 28.5 Å². The van der Waals surface area contributed by atoms with Crippen molar-refractivity contribution < 1.29 is 18.0 Å². The SMILES string of the molecule is O=C1CCC(CNc2cc(Cl)nc(C(F)(F)F)n2)N1. The van der Waals surface area contributed by atoms with E-state index in [2.05, 4.69) is 20.6 Å². The lowest BCUT2D eigenvalue weighted by Crippen LogP contribution is -2.32. The number of carbonyl (C=O) groups is 1. The molecule has 1 atom stereocenters. The molecule has 0 saturated carbocycles. The predicted molar refractivity (Wildman–Crippen MR) is 61.7 cm³/mol. The molecule has 1 aliphatic heterocycles. The number of halogens is 4. The topological polar surface area (TPSA) is 66.9 Å². The van der Waals surface area contributed by atoms with Crippen LogP contribution in [0.4, 0.5) is 19.0 Å². The highest BCUT2D eigenvalue weighted by Crippen LogP contribution is 2.28. The third-order valence-corrected chi connectivity index (χ3v) is 2.76. The van der Waals surface area contributed by atoms with Gasteiger partial charge in [-0.2, -0.15) is 13.2 Å². The Morgan fingerprint density at radius 1 is 1.47 bits per heavy atom. The number of nitrogens with one attached hydrogen (secondary N) is 2. The van der Waals surface area contributed by atoms with Crippen molar-refractivity contribution in [2.45, 2.75) is 25.1 Å². The molecule has 9 heteroatoms. The van der Waals surface area contributed by atoms with Crippen molar-refractivity contribution in [3.8, 4) is 0 Å². The third kappa shape index (κ3) is 3.69. The first-order valence-electron chi connectivity index (χ1n) is 5.49. The highest BCUT2D eigenvalue weighted by Gasteiger charge is 2.35. The summed E-state index contributed by atoms with van der Waals surface area (Å²) in [5.41, 5.74) is 0. The molecule has 19 heavy (non-hydrogen) atoms. The highest BCUT2D eigenvalue weighted by molar-refractivity contribution is 6.29. The van der Waals surface area contributed by atoms with E-state index in [-0.39, 0.29) is 29.5 Å². The minimum absolute atomic E-state index is 0.0199. The van der Waals surface area contributed by atoms with Gasteiger partial charge in [-0.15, -0.1) is 0 Å². The van der Waals surface area contributed by atoms with Gasteiger partial charge >= 0.3 is 6.18 Å². The lowest BCUT2D eigenvalue weighted by Gasteiger charge is -2.13. The van der Waals surface area contributed by atoms with E-state index in [0.717, 1.165) is 0 Å². The number of anilines is 1. The van der Waals surface area contributed by atoms with Crippen molar-refractivity contribution in [1.29, 1.82) is 0 Å². The van der Waals surface area contributed by atoms with Crippen LogP contribution in [0.3, 0.4) is 0 Å². The van der Waals surface area contributed by atoms with Gasteiger partial charge < -0.3 is 10.6 Å². The van der Waals surface area contributed by atoms with Gasteiger partial charge in [0.25, 0.3) is 0 Å². The summed E-state index contributed by atoms with van der Waals surface area (Å²) >= 11 is 5.51. The van der Waals surface area contributed by atoms with Crippen molar-refractivity contribution in [2.24, 2.45) is 0 Å². The molecule has 5 nitrogen and oxygen atoms in total. The van der Waals surface area contributed by atoms with Crippen LogP contribution < -0.4 is 10.6 Å². The van der Waals surface area contributed by atoms with Gasteiger partial charge in [-0.25, -0.2) is 9.97 Å². The van der Waals surface area contributed by atoms with Gasteiger partial charge in [0.1, 0.15) is 11.0 Å². The molecular formula is C10H10ClF3N4O. The Balaban J connectivity index is 2.04. The first-order chi connectivity index (χ1) is 8.84. The number of rotatable bonds is 3. The Morgan fingerprint density at radius 2 is 2.21 bits per heavy atom. The van der Waals surface area contributed by atoms with Gasteiger partial charge in [0.05, 0.1) is 0 Å². The number of aromatic nitrogens is 2. The summed E-state index contributed by atoms with van der Waals surface area (Å²) in [4.78, 5) is 17.4. The van der Waals surface area contributed by atoms with Crippen molar-refractivity contribution in [2.75, 3.05) is 11.9 Å². The zero-order chi connectivity index (χ0) is 14.0. The number of alkyl halides is 3. The average Bonchev–Trinajstić information content (AvgIpc) is 2.71. The predicted octanol–water partition coefficient (Wildman–Crippen LogP) is 1.84. The molecule has 1 aromatic rings. The van der Waals surface area contributed by atoms with Crippen LogP contribution in [0.1, 0.15) is 18.7 Å². The molecule has 1 aliphatic rings. The second-order valence-electron chi connectivity index (χ2n) is 4.08. The largest absolute Gasteiger partial charge is 0.451 e. The van der Waals surface area contributed by atoms with Crippen LogP contribution in [0.15, 0.2) is 6.07 Å². The second kappa shape index (κ2) is 5.20. The Labute approximate surface area is 111 Å². The van der Waals surface area contributed by atoms with Gasteiger partial charge in [-0.3, -0.25) is 4.79 Å². The van der Waals surface area contributed by atoms with Crippen LogP contribution in [0, 0.1) is 0 Å². The Morgan fingerprint density at radius 3 is 2.79 bits per heavy atom. The van der Waals surface area contributed by atoms with Gasteiger partial charge in [0, 0.05) is 25.1 Å². The molecule has 1 amide bonds. The third-order valence-electron chi connectivity index (χ3n) is 2.56. The van der Waals surface area contributed by atoms with E-state index in [4.69, 9.17) is 11.6 Å². The molecular weight excluding hydrogens is 285 g/mol. The smallest absolute Gasteiger partial charge is 0.368 e. The number of carbonyl (C=O) groups excluding carboxylic acids is 1. The van der Waals surface area contributed by atoms with Crippen LogP contribution in [0.2, 0.25) is 5.15 Å². The summed E-state index contributed by atoms with van der Waals surface area (Å²) in [5, 5.41) is 5.10. The van der Waals surface area contributed by atoms with Gasteiger partial charge in [0.2, 0.25) is 11.7 Å². The Bertz CT molecular complexity index is 494. The summed E-state index contributed by atoms with van der Waals surface area (Å²) in [7, 11) is 0. The van der Waals surface area contributed by atoms with Crippen molar-refractivity contribution in [3.05, 3.63) is 17.0 Å². The fourth-order valence-electron chi connectivity index (χ4n) is 1.69. The maximum absolute atomic E-state index is 12.5. The summed E-state index contributed by atoms with van der Waals surface area (Å²) < 4.78 is 37.4. The van der Waals surface area contributed by atoms with Crippen LogP contribution in [0.25, 0.3) is 0 Å². The minimum Gasteiger partial charge on any atom is -0.368 e. The molecule has 2 N–H and O–H groups in total. The summed E-state index contributed by atoms with van der Waals surface area (Å²) in [6, 6.07) is 1.09. The molecule has 2 rings (SSSR count). The maximum atomic E-state index is 12.5. The van der Waals surface area contributed by atoms with E-state index in [1.54, 1.807) is 0 Å². The monoisotopic (exact) mass is 294 g/mol. The molecule has 1 aromatic heterocycles. The number of nitrogens with zero attached hydrogens (tertiary/aromatic N) is 2. The molecule has 0 bridgehead atoms. The number of hydrogen-bond donors (Lipinski definition) is 2. The van der Waals surface area contributed by atoms with E-state index >= 15 is 0 Å². The zero-order valence-electron chi connectivity index (χ0n) is 9.59. The molecule has 104 valence electrons. The molecule has 1 unspecified atom stereocenters. The van der Waals surface area contributed by atoms with Gasteiger partial charge in [0.15, 0.2) is 0 Å². The Hall–Kier alpha value is -1.57. The molecule has 1 saturated heterocycles. The first kappa shape index (κ1) is 13.9. The maximum Gasteiger partial charge on any atom is 0.451 e. The summed E-state index contributed by atoms with van der Waals surface area (Å²) in [6.45, 7) is 0.288. The second-order valence-corrected chi connectivity index (χ2v) is 4.47. The van der Waals surface area contributed by atoms with E-state index in [0.29, 0.717) is 12.8 Å². The minimum atomic E-state index is -4.65. The fraction of sp³-hybridized carbons (Fsp3) is 0.500. The Kier molecular flexibility index (Phi) is 3.79. The quantitative estimate of drug-likeness (QED) is 0.835. The van der Waals surface area contributed by atoms with Crippen molar-refractivity contribution in [1.82, 2.24) is 15.3 Å². The summed E-state index contributed by atoms with van der Waals surface area (Å²) in [5.74, 6) is -1.38. The van der Waals surface area contributed by atoms with Crippen LogP contribution >= 0.6 is 11.6 Å². The molecule has 0 aliphatic carbocycles. The fourth-order valence-corrected chi connectivity index (χ4v) is 1.88. The number of hydrogen-bond acceptors (Lipinski definition) is 4. The molecule has 0 aromatic carbocycles. The standard InChI is InChI=1S/C10H10ClF3N4O/c11-6-3-7(18-9(17-6)10(12,13)14)15-4-5-1-2-8(19)16-5/h3,5H,1-2,4H2,(H,16,19)(H,15,17,18). The van der Waals surface area contributed by atoms with E-state index in [1.165, 1.54) is 6.07 Å². The average molecular weight is 295 g/mol. The van der Waals surface area contributed by atoms with Crippen molar-refractivity contribution >= 4 is 23.3 Å². The zero-order valence-corrected chi connectivity index (χ0v) is 10.3. The van der Waals surface area contributed by atoms with E-state index in [9.17, 15) is 18.0 Å². The van der Waals surface area contributed by atoms with Crippen LogP contribution in [-0.2, 0) is 11.0 Å². The van der Waals surface area contributed by atoms with Crippen molar-refractivity contribution in [3.63, 3.8) is 0 Å². The van der Waals surface area contributed by atoms with Gasteiger partial charge in [-0.05, 0) is 6.42 Å². The van der Waals surface area contributed by atoms with E-state index < -0.39 is 12.0 Å². The summed E-state index contributed by atoms with van der Waals surface area (Å²) in [6.07, 6.45) is -3.59. The van der Waals surface area contributed by atoms with Crippen LogP contribution in [0.5, 0.6) is 0 Å². The molecule has 2 heterocycles. The number of amides is 1. The lowest BCUT2D eigenvalue weighted by molar-refractivity contribution is -0.144. The first-order valence-corrected chi connectivity index (χ1v) is 5.87. The molecule has 1 fully saturated rings. The normalized spacial score (nSPS) is 19.4. The molecule has 0 radical (unpaired) electrons. The lowest BCUT2D eigenvalue weighted by atomic mass is 10.2. The highest BCUT2D eigenvalue weighted by atomic mass is 35.5.